The van der Waals surface area contributed by atoms with Crippen LogP contribution in [0.25, 0.3) is 11.1 Å². The molecule has 0 amide bonds. The number of nitrogens with zero attached hydrogens (tertiary/aromatic N) is 4. The van der Waals surface area contributed by atoms with Gasteiger partial charge < -0.3 is 10.6 Å². The Kier molecular flexibility index (Phi) is 4.98. The normalized spacial score (nSPS) is 15.1. The molecule has 1 aliphatic heterocycles. The molecule has 1 saturated heterocycles. The topological polar surface area (TPSA) is 58.3 Å². The number of rotatable bonds is 4. The van der Waals surface area contributed by atoms with Crippen LogP contribution in [0.3, 0.4) is 0 Å². The van der Waals surface area contributed by atoms with E-state index in [9.17, 15) is 4.39 Å². The molecule has 0 radical (unpaired) electrons. The van der Waals surface area contributed by atoms with Crippen molar-refractivity contribution in [3.8, 4) is 11.1 Å². The quantitative estimate of drug-likeness (QED) is 0.771. The number of halogens is 1. The summed E-state index contributed by atoms with van der Waals surface area (Å²) in [4.78, 5) is 13.0. The van der Waals surface area contributed by atoms with Crippen molar-refractivity contribution >= 4 is 11.6 Å². The highest BCUT2D eigenvalue weighted by molar-refractivity contribution is 5.66. The molecule has 27 heavy (non-hydrogen) atoms. The predicted molar refractivity (Wildman–Crippen MR) is 106 cm³/mol. The molecule has 0 atom stereocenters. The van der Waals surface area contributed by atoms with Crippen molar-refractivity contribution in [1.82, 2.24) is 14.9 Å². The minimum atomic E-state index is -0.194. The number of hydrogen-bond acceptors (Lipinski definition) is 5. The van der Waals surface area contributed by atoms with E-state index < -0.39 is 0 Å². The van der Waals surface area contributed by atoms with Crippen molar-refractivity contribution in [2.24, 2.45) is 0 Å². The zero-order valence-electron chi connectivity index (χ0n) is 15.1. The lowest BCUT2D eigenvalue weighted by molar-refractivity contribution is 0.250. The van der Waals surface area contributed by atoms with Gasteiger partial charge in [-0.05, 0) is 35.4 Å². The molecule has 0 bridgehead atoms. The Bertz CT molecular complexity index is 887. The Labute approximate surface area is 158 Å². The molecule has 0 unspecified atom stereocenters. The maximum Gasteiger partial charge on any atom is 0.219 e. The minimum absolute atomic E-state index is 0.194. The zero-order chi connectivity index (χ0) is 18.6. The Morgan fingerprint density at radius 3 is 2.26 bits per heavy atom. The first-order valence-corrected chi connectivity index (χ1v) is 9.08. The molecule has 3 aromatic rings. The molecule has 0 spiro atoms. The predicted octanol–water partition coefficient (Wildman–Crippen LogP) is 3.19. The fraction of sp³-hybridized carbons (Fsp3) is 0.238. The van der Waals surface area contributed by atoms with Gasteiger partial charge in [0.15, 0.2) is 0 Å². The summed E-state index contributed by atoms with van der Waals surface area (Å²) in [6, 6.07) is 15.1. The molecule has 5 nitrogen and oxygen atoms in total. The summed E-state index contributed by atoms with van der Waals surface area (Å²) in [5.41, 5.74) is 10.0. The van der Waals surface area contributed by atoms with Gasteiger partial charge in [-0.3, -0.25) is 4.90 Å². The molecule has 1 aliphatic rings. The highest BCUT2D eigenvalue weighted by atomic mass is 19.1. The third-order valence-corrected chi connectivity index (χ3v) is 4.96. The van der Waals surface area contributed by atoms with Crippen molar-refractivity contribution in [2.45, 2.75) is 6.54 Å². The van der Waals surface area contributed by atoms with Gasteiger partial charge in [0.1, 0.15) is 5.82 Å². The van der Waals surface area contributed by atoms with Gasteiger partial charge in [-0.15, -0.1) is 0 Å². The van der Waals surface area contributed by atoms with Crippen LogP contribution in [0.5, 0.6) is 0 Å². The van der Waals surface area contributed by atoms with Gasteiger partial charge in [0.05, 0.1) is 0 Å². The summed E-state index contributed by atoms with van der Waals surface area (Å²) in [5, 5.41) is 0. The van der Waals surface area contributed by atoms with Crippen LogP contribution in [-0.2, 0) is 6.54 Å². The fourth-order valence-corrected chi connectivity index (χ4v) is 3.47. The molecular weight excluding hydrogens is 341 g/mol. The van der Waals surface area contributed by atoms with Crippen LogP contribution in [0.2, 0.25) is 0 Å². The molecule has 0 saturated carbocycles. The van der Waals surface area contributed by atoms with E-state index >= 15 is 0 Å². The molecule has 4 rings (SSSR count). The zero-order valence-corrected chi connectivity index (χ0v) is 15.1. The number of nitrogens with two attached hydrogens (primary N) is 1. The van der Waals surface area contributed by atoms with Gasteiger partial charge in [0.2, 0.25) is 5.95 Å². The van der Waals surface area contributed by atoms with Gasteiger partial charge in [-0.1, -0.05) is 24.3 Å². The van der Waals surface area contributed by atoms with Crippen LogP contribution in [0.1, 0.15) is 5.56 Å². The first kappa shape index (κ1) is 17.4. The molecule has 6 heteroatoms. The van der Waals surface area contributed by atoms with Crippen LogP contribution in [0.4, 0.5) is 16.0 Å². The second-order valence-corrected chi connectivity index (χ2v) is 6.73. The van der Waals surface area contributed by atoms with E-state index in [0.29, 0.717) is 0 Å². The molecule has 1 fully saturated rings. The van der Waals surface area contributed by atoms with Crippen LogP contribution in [0.15, 0.2) is 60.9 Å². The summed E-state index contributed by atoms with van der Waals surface area (Å²) < 4.78 is 13.1. The fourth-order valence-electron chi connectivity index (χ4n) is 3.47. The first-order valence-electron chi connectivity index (χ1n) is 9.08. The average molecular weight is 363 g/mol. The lowest BCUT2D eigenvalue weighted by Crippen LogP contribution is -2.46. The summed E-state index contributed by atoms with van der Waals surface area (Å²) in [7, 11) is 0. The number of piperazine rings is 1. The number of aromatic nitrogens is 2. The number of nitrogen functional groups attached to an aromatic ring is 1. The van der Waals surface area contributed by atoms with E-state index in [2.05, 4.69) is 38.0 Å². The van der Waals surface area contributed by atoms with Crippen LogP contribution in [0, 0.1) is 5.82 Å². The van der Waals surface area contributed by atoms with Gasteiger partial charge in [-0.2, -0.15) is 0 Å². The Morgan fingerprint density at radius 1 is 0.889 bits per heavy atom. The lowest BCUT2D eigenvalue weighted by Gasteiger charge is -2.36. The summed E-state index contributed by atoms with van der Waals surface area (Å²) in [5.74, 6) is 0.0915. The summed E-state index contributed by atoms with van der Waals surface area (Å²) >= 11 is 0. The third-order valence-electron chi connectivity index (χ3n) is 4.96. The van der Waals surface area contributed by atoms with Crippen molar-refractivity contribution in [1.29, 1.82) is 0 Å². The maximum absolute atomic E-state index is 13.1. The highest BCUT2D eigenvalue weighted by Gasteiger charge is 2.18. The third kappa shape index (κ3) is 4.06. The van der Waals surface area contributed by atoms with Crippen LogP contribution < -0.4 is 10.6 Å². The average Bonchev–Trinajstić information content (AvgIpc) is 2.70. The molecule has 0 aliphatic carbocycles. The number of anilines is 2. The van der Waals surface area contributed by atoms with Crippen molar-refractivity contribution in [3.05, 3.63) is 72.3 Å². The molecule has 2 aromatic carbocycles. The molecule has 1 aromatic heterocycles. The Balaban J connectivity index is 1.43. The smallest absolute Gasteiger partial charge is 0.219 e. The Hall–Kier alpha value is -2.99. The van der Waals surface area contributed by atoms with Crippen molar-refractivity contribution in [3.63, 3.8) is 0 Å². The largest absolute Gasteiger partial charge is 0.369 e. The molecular formula is C21H22FN5. The van der Waals surface area contributed by atoms with Crippen LogP contribution >= 0.6 is 0 Å². The van der Waals surface area contributed by atoms with Crippen molar-refractivity contribution < 1.29 is 4.39 Å². The molecule has 2 N–H and O–H groups in total. The van der Waals surface area contributed by atoms with E-state index in [1.54, 1.807) is 12.4 Å². The summed E-state index contributed by atoms with van der Waals surface area (Å²) in [6.45, 7) is 4.66. The SMILES string of the molecule is Nc1ncc(-c2ccccc2CN2CCN(c3ccc(F)cc3)CC2)cn1. The highest BCUT2D eigenvalue weighted by Crippen LogP contribution is 2.25. The van der Waals surface area contributed by atoms with E-state index in [4.69, 9.17) is 5.73 Å². The standard InChI is InChI=1S/C21H22FN5/c22-18-5-7-19(8-6-18)27-11-9-26(10-12-27)15-16-3-1-2-4-20(16)17-13-24-21(23)25-14-17/h1-8,13-14H,9-12,15H2,(H2,23,24,25). The second-order valence-electron chi connectivity index (χ2n) is 6.73. The number of benzene rings is 2. The van der Waals surface area contributed by atoms with Gasteiger partial charge in [0, 0.05) is 56.4 Å². The van der Waals surface area contributed by atoms with Gasteiger partial charge in [-0.25, -0.2) is 14.4 Å². The monoisotopic (exact) mass is 363 g/mol. The molecule has 138 valence electrons. The van der Waals surface area contributed by atoms with Gasteiger partial charge >= 0.3 is 0 Å². The molecule has 2 heterocycles. The number of hydrogen-bond donors (Lipinski definition) is 1. The summed E-state index contributed by atoms with van der Waals surface area (Å²) in [6.07, 6.45) is 3.54. The lowest BCUT2D eigenvalue weighted by atomic mass is 10.0. The minimum Gasteiger partial charge on any atom is -0.369 e. The van der Waals surface area contributed by atoms with E-state index in [-0.39, 0.29) is 11.8 Å². The van der Waals surface area contributed by atoms with Crippen molar-refractivity contribution in [2.75, 3.05) is 36.8 Å². The van der Waals surface area contributed by atoms with E-state index in [0.717, 1.165) is 49.5 Å². The van der Waals surface area contributed by atoms with Gasteiger partial charge in [0.25, 0.3) is 0 Å². The van der Waals surface area contributed by atoms with E-state index in [1.807, 2.05) is 18.2 Å². The Morgan fingerprint density at radius 2 is 1.56 bits per heavy atom. The second kappa shape index (κ2) is 7.72. The van der Waals surface area contributed by atoms with Crippen LogP contribution in [-0.4, -0.2) is 41.0 Å². The first-order chi connectivity index (χ1) is 13.2. The van der Waals surface area contributed by atoms with E-state index in [1.165, 1.54) is 17.7 Å². The maximum atomic E-state index is 13.1.